The van der Waals surface area contributed by atoms with Crippen molar-refractivity contribution < 1.29 is 33.5 Å². The summed E-state index contributed by atoms with van der Waals surface area (Å²) in [4.78, 5) is 81.3. The van der Waals surface area contributed by atoms with Crippen LogP contribution in [0.25, 0.3) is 0 Å². The molecule has 1 heterocycles. The van der Waals surface area contributed by atoms with Gasteiger partial charge in [0, 0.05) is 50.0 Å². The molecule has 3 rings (SSSR count). The van der Waals surface area contributed by atoms with Crippen molar-refractivity contribution in [3.63, 3.8) is 0 Å². The second-order valence-electron chi connectivity index (χ2n) is 15.9. The van der Waals surface area contributed by atoms with Crippen LogP contribution in [0, 0.1) is 29.1 Å². The van der Waals surface area contributed by atoms with Gasteiger partial charge in [0.05, 0.1) is 6.04 Å². The predicted octanol–water partition coefficient (Wildman–Crippen LogP) is 6.95. The Balaban J connectivity index is 1.77. The number of rotatable bonds is 16. The van der Waals surface area contributed by atoms with Gasteiger partial charge in [-0.3, -0.25) is 24.0 Å². The number of piperidine rings is 1. The topological polar surface area (TPSA) is 127 Å². The van der Waals surface area contributed by atoms with Crippen LogP contribution in [-0.4, -0.2) is 68.6 Å². The minimum atomic E-state index is -1.19. The van der Waals surface area contributed by atoms with E-state index < -0.39 is 51.5 Å². The van der Waals surface area contributed by atoms with Crippen LogP contribution >= 0.6 is 23.2 Å². The average molecular weight is 698 g/mol. The second kappa shape index (κ2) is 16.0. The van der Waals surface area contributed by atoms with Crippen LogP contribution in [-0.2, 0) is 28.7 Å². The first-order chi connectivity index (χ1) is 21.8. The molecular weight excluding hydrogens is 643 g/mol. The summed E-state index contributed by atoms with van der Waals surface area (Å²) in [6.07, 6.45) is 6.54. The maximum atomic E-state index is 14.3. The number of alkyl halides is 2. The minimum absolute atomic E-state index is 0.0411. The number of halogens is 2. The minimum Gasteiger partial charge on any atom is -0.444 e. The first-order valence-corrected chi connectivity index (χ1v) is 17.9. The highest BCUT2D eigenvalue weighted by Gasteiger charge is 2.73. The van der Waals surface area contributed by atoms with Gasteiger partial charge in [0.25, 0.3) is 0 Å². The largest absolute Gasteiger partial charge is 0.444 e. The normalized spacial score (nSPS) is 23.7. The van der Waals surface area contributed by atoms with Crippen molar-refractivity contribution in [3.05, 3.63) is 12.7 Å². The predicted molar refractivity (Wildman–Crippen MR) is 182 cm³/mol. The van der Waals surface area contributed by atoms with Crippen molar-refractivity contribution in [2.24, 2.45) is 29.1 Å². The molecule has 2 saturated carbocycles. The number of amides is 2. The number of nitrogens with one attached hydrogen (secondary N) is 1. The molecular formula is C36H54Cl2N2O7. The molecule has 0 aromatic rings. The summed E-state index contributed by atoms with van der Waals surface area (Å²) >= 11 is 13.2. The standard InChI is InChI=1S/C36H54Cl2N2O7/c1-8-9-14-23(31(44)26(42)18-13-17-24(41)20-34(2,3)4)19-27(43)30-28-25(36(28,37)38)21-40(30)32(45)29(22-15-11-10-12-16-22)39-33(46)47-35(5,6)7/h8,22-23,25,28-30H,1,9-21H2,2-7H3,(H,39,46)/t23?,25-,28-,29-,30+/m0/s1. The lowest BCUT2D eigenvalue weighted by molar-refractivity contribution is -0.144. The summed E-state index contributed by atoms with van der Waals surface area (Å²) in [6, 6.07) is -1.88. The zero-order valence-electron chi connectivity index (χ0n) is 29.0. The molecule has 1 saturated heterocycles. The Hall–Kier alpha value is -2.26. The highest BCUT2D eigenvalue weighted by atomic mass is 35.5. The molecule has 0 aromatic carbocycles. The van der Waals surface area contributed by atoms with Gasteiger partial charge in [-0.25, -0.2) is 4.79 Å². The van der Waals surface area contributed by atoms with Crippen molar-refractivity contribution in [2.45, 2.75) is 141 Å². The summed E-state index contributed by atoms with van der Waals surface area (Å²) in [7, 11) is 0. The van der Waals surface area contributed by atoms with Crippen molar-refractivity contribution in [1.82, 2.24) is 10.2 Å². The molecule has 11 heteroatoms. The maximum absolute atomic E-state index is 14.3. The van der Waals surface area contributed by atoms with E-state index in [1.54, 1.807) is 26.8 Å². The number of fused-ring (bicyclic) bond motifs is 1. The molecule has 5 atom stereocenters. The smallest absolute Gasteiger partial charge is 0.408 e. The number of hydrogen-bond acceptors (Lipinski definition) is 7. The lowest BCUT2D eigenvalue weighted by Crippen LogP contribution is -2.57. The number of ketones is 4. The van der Waals surface area contributed by atoms with Crippen LogP contribution in [0.2, 0.25) is 0 Å². The number of allylic oxidation sites excluding steroid dienone is 1. The molecule has 0 radical (unpaired) electrons. The Morgan fingerprint density at radius 2 is 1.64 bits per heavy atom. The van der Waals surface area contributed by atoms with E-state index in [0.29, 0.717) is 12.8 Å². The van der Waals surface area contributed by atoms with Gasteiger partial charge in [0.2, 0.25) is 11.7 Å². The monoisotopic (exact) mass is 696 g/mol. The number of likely N-dealkylation sites (tertiary alicyclic amines) is 1. The zero-order chi connectivity index (χ0) is 35.3. The molecule has 47 heavy (non-hydrogen) atoms. The zero-order valence-corrected chi connectivity index (χ0v) is 30.5. The number of hydrogen-bond donors (Lipinski definition) is 1. The van der Waals surface area contributed by atoms with Crippen molar-refractivity contribution in [2.75, 3.05) is 6.54 Å². The van der Waals surface area contributed by atoms with Gasteiger partial charge in [0.1, 0.15) is 21.8 Å². The highest BCUT2D eigenvalue weighted by molar-refractivity contribution is 6.51. The molecule has 1 aliphatic heterocycles. The summed E-state index contributed by atoms with van der Waals surface area (Å²) in [5.41, 5.74) is -0.920. The first-order valence-electron chi connectivity index (χ1n) is 17.2. The fourth-order valence-corrected chi connectivity index (χ4v) is 7.98. The van der Waals surface area contributed by atoms with Gasteiger partial charge in [-0.1, -0.05) is 46.1 Å². The third-order valence-electron chi connectivity index (χ3n) is 9.40. The summed E-state index contributed by atoms with van der Waals surface area (Å²) in [6.45, 7) is 15.0. The van der Waals surface area contributed by atoms with Crippen LogP contribution in [0.5, 0.6) is 0 Å². The molecule has 0 spiro atoms. The molecule has 264 valence electrons. The van der Waals surface area contributed by atoms with Gasteiger partial charge in [0.15, 0.2) is 11.6 Å². The van der Waals surface area contributed by atoms with Crippen LogP contribution < -0.4 is 5.32 Å². The Morgan fingerprint density at radius 1 is 1.00 bits per heavy atom. The van der Waals surface area contributed by atoms with Gasteiger partial charge in [-0.2, -0.15) is 0 Å². The van der Waals surface area contributed by atoms with Gasteiger partial charge >= 0.3 is 6.09 Å². The van der Waals surface area contributed by atoms with E-state index >= 15 is 0 Å². The van der Waals surface area contributed by atoms with Gasteiger partial charge in [-0.05, 0) is 64.2 Å². The van der Waals surface area contributed by atoms with E-state index in [9.17, 15) is 28.8 Å². The molecule has 9 nitrogen and oxygen atoms in total. The number of carbonyl (C=O) groups excluding carboxylic acids is 6. The fourth-order valence-electron chi connectivity index (χ4n) is 7.15. The SMILES string of the molecule is C=CCCC(CC(=O)[C@@H]1[C@@H]2[C@H](CN1C(=O)[C@@H](NC(=O)OC(C)(C)C)C1CCCCC1)C2(Cl)Cl)C(=O)C(=O)CCCC(=O)CC(C)(C)C. The molecule has 1 unspecified atom stereocenters. The number of ether oxygens (including phenoxy) is 1. The van der Waals surface area contributed by atoms with E-state index in [1.807, 2.05) is 20.8 Å². The van der Waals surface area contributed by atoms with Crippen LogP contribution in [0.4, 0.5) is 4.79 Å². The van der Waals surface area contributed by atoms with Gasteiger partial charge < -0.3 is 15.0 Å². The Bertz CT molecular complexity index is 1210. The molecule has 0 bridgehead atoms. The van der Waals surface area contributed by atoms with Crippen molar-refractivity contribution in [1.29, 1.82) is 0 Å². The van der Waals surface area contributed by atoms with E-state index in [2.05, 4.69) is 11.9 Å². The van der Waals surface area contributed by atoms with E-state index in [0.717, 1.165) is 32.1 Å². The molecule has 1 N–H and O–H groups in total. The highest BCUT2D eigenvalue weighted by Crippen LogP contribution is 2.65. The lowest BCUT2D eigenvalue weighted by atomic mass is 9.83. The Kier molecular flexibility index (Phi) is 13.3. The third-order valence-corrected chi connectivity index (χ3v) is 10.5. The van der Waals surface area contributed by atoms with E-state index in [-0.39, 0.29) is 73.4 Å². The number of Topliss-reactive ketones (excluding diaryl/α,β-unsaturated/α-hetero) is 4. The average Bonchev–Trinajstić information content (AvgIpc) is 3.26. The number of alkyl carbamates (subject to hydrolysis) is 1. The maximum Gasteiger partial charge on any atom is 0.408 e. The van der Waals surface area contributed by atoms with Crippen LogP contribution in [0.15, 0.2) is 12.7 Å². The second-order valence-corrected chi connectivity index (χ2v) is 17.4. The first kappa shape index (κ1) is 39.2. The van der Waals surface area contributed by atoms with Gasteiger partial charge in [-0.15, -0.1) is 29.8 Å². The number of carbonyl (C=O) groups is 6. The summed E-state index contributed by atoms with van der Waals surface area (Å²) in [5.74, 6) is -3.86. The molecule has 0 aromatic heterocycles. The summed E-state index contributed by atoms with van der Waals surface area (Å²) < 4.78 is 4.30. The fraction of sp³-hybridized carbons (Fsp3) is 0.778. The van der Waals surface area contributed by atoms with E-state index in [1.165, 1.54) is 4.90 Å². The van der Waals surface area contributed by atoms with Crippen molar-refractivity contribution in [3.8, 4) is 0 Å². The Morgan fingerprint density at radius 3 is 2.21 bits per heavy atom. The quantitative estimate of drug-likeness (QED) is 0.105. The summed E-state index contributed by atoms with van der Waals surface area (Å²) in [5, 5.41) is 2.81. The molecule has 3 aliphatic rings. The Labute approximate surface area is 290 Å². The molecule has 2 aliphatic carbocycles. The van der Waals surface area contributed by atoms with Crippen LogP contribution in [0.1, 0.15) is 119 Å². The third kappa shape index (κ3) is 10.9. The lowest BCUT2D eigenvalue weighted by Gasteiger charge is -2.36. The molecule has 3 fully saturated rings. The molecule has 2 amide bonds. The van der Waals surface area contributed by atoms with Crippen LogP contribution in [0.3, 0.4) is 0 Å². The number of nitrogens with zero attached hydrogens (tertiary/aromatic N) is 1. The van der Waals surface area contributed by atoms with Crippen molar-refractivity contribution >= 4 is 58.3 Å². The van der Waals surface area contributed by atoms with E-state index in [4.69, 9.17) is 27.9 Å².